The van der Waals surface area contributed by atoms with Crippen LogP contribution in [-0.4, -0.2) is 63.7 Å². The normalized spacial score (nSPS) is 14.8. The summed E-state index contributed by atoms with van der Waals surface area (Å²) in [6.07, 6.45) is -1.96. The molecule has 0 radical (unpaired) electrons. The first-order valence-corrected chi connectivity index (χ1v) is 10.3. The number of nitrogens with one attached hydrogen (secondary N) is 1. The first-order chi connectivity index (χ1) is 15.8. The Balaban J connectivity index is 1.61. The molecule has 3 aromatic heterocycles. The number of methoxy groups -OCH3 is 1. The van der Waals surface area contributed by atoms with E-state index in [2.05, 4.69) is 15.0 Å². The fraction of sp³-hybridized carbons (Fsp3) is 0.318. The fourth-order valence-electron chi connectivity index (χ4n) is 4.12. The zero-order valence-corrected chi connectivity index (χ0v) is 17.6. The highest BCUT2D eigenvalue weighted by Gasteiger charge is 2.35. The summed E-state index contributed by atoms with van der Waals surface area (Å²) >= 11 is 0. The minimum absolute atomic E-state index is 0.0561. The summed E-state index contributed by atoms with van der Waals surface area (Å²) in [4.78, 5) is 24.9. The van der Waals surface area contributed by atoms with Gasteiger partial charge in [-0.05, 0) is 24.3 Å². The number of alkyl halides is 3. The van der Waals surface area contributed by atoms with Crippen molar-refractivity contribution in [2.75, 3.05) is 33.4 Å². The Hall–Kier alpha value is -3.60. The number of halogens is 3. The number of ether oxygens (including phenoxy) is 2. The van der Waals surface area contributed by atoms with Crippen molar-refractivity contribution >= 4 is 27.8 Å². The van der Waals surface area contributed by atoms with Gasteiger partial charge in [0, 0.05) is 41.4 Å². The molecule has 1 saturated heterocycles. The number of aromatic nitrogens is 4. The van der Waals surface area contributed by atoms with Crippen molar-refractivity contribution in [2.24, 2.45) is 0 Å². The van der Waals surface area contributed by atoms with Gasteiger partial charge in [0.2, 0.25) is 5.91 Å². The summed E-state index contributed by atoms with van der Waals surface area (Å²) in [6, 6.07) is 6.79. The second-order valence-corrected chi connectivity index (χ2v) is 7.71. The van der Waals surface area contributed by atoms with Crippen molar-refractivity contribution in [3.63, 3.8) is 0 Å². The summed E-state index contributed by atoms with van der Waals surface area (Å²) in [5.74, 6) is 0.535. The number of amides is 1. The van der Waals surface area contributed by atoms with E-state index in [0.717, 1.165) is 17.2 Å². The first kappa shape index (κ1) is 21.3. The van der Waals surface area contributed by atoms with Gasteiger partial charge in [0.15, 0.2) is 5.69 Å². The van der Waals surface area contributed by atoms with E-state index in [-0.39, 0.29) is 23.5 Å². The summed E-state index contributed by atoms with van der Waals surface area (Å²) in [5, 5.41) is 0.616. The minimum atomic E-state index is -4.61. The van der Waals surface area contributed by atoms with Gasteiger partial charge in [-0.3, -0.25) is 4.79 Å². The minimum Gasteiger partial charge on any atom is -0.497 e. The van der Waals surface area contributed by atoms with E-state index in [4.69, 9.17) is 9.47 Å². The van der Waals surface area contributed by atoms with Gasteiger partial charge in [-0.1, -0.05) is 0 Å². The van der Waals surface area contributed by atoms with Crippen LogP contribution in [0.2, 0.25) is 0 Å². The van der Waals surface area contributed by atoms with Crippen LogP contribution in [0, 0.1) is 0 Å². The second kappa shape index (κ2) is 8.07. The van der Waals surface area contributed by atoms with Gasteiger partial charge < -0.3 is 23.9 Å². The molecule has 1 aliphatic heterocycles. The van der Waals surface area contributed by atoms with Crippen molar-refractivity contribution in [2.45, 2.75) is 12.7 Å². The van der Waals surface area contributed by atoms with Gasteiger partial charge in [-0.15, -0.1) is 0 Å². The number of carbonyl (C=O) groups excluding carboxylic acids is 1. The van der Waals surface area contributed by atoms with Gasteiger partial charge >= 0.3 is 6.18 Å². The Labute approximate surface area is 185 Å². The summed E-state index contributed by atoms with van der Waals surface area (Å²) in [7, 11) is 1.54. The molecule has 4 heterocycles. The third-order valence-corrected chi connectivity index (χ3v) is 5.74. The lowest BCUT2D eigenvalue weighted by molar-refractivity contribution is -0.140. The van der Waals surface area contributed by atoms with Crippen LogP contribution < -0.4 is 4.74 Å². The maximum atomic E-state index is 13.4. The number of aromatic amines is 1. The molecule has 33 heavy (non-hydrogen) atoms. The van der Waals surface area contributed by atoms with Crippen molar-refractivity contribution in [3.8, 4) is 17.0 Å². The zero-order valence-electron chi connectivity index (χ0n) is 17.6. The molecule has 0 spiro atoms. The van der Waals surface area contributed by atoms with E-state index in [1.54, 1.807) is 27.8 Å². The Morgan fingerprint density at radius 3 is 2.70 bits per heavy atom. The lowest BCUT2D eigenvalue weighted by atomic mass is 10.1. The van der Waals surface area contributed by atoms with Crippen LogP contribution >= 0.6 is 0 Å². The molecule has 11 heteroatoms. The predicted molar refractivity (Wildman–Crippen MR) is 114 cm³/mol. The van der Waals surface area contributed by atoms with Gasteiger partial charge in [0.05, 0.1) is 25.7 Å². The van der Waals surface area contributed by atoms with Crippen LogP contribution in [-0.2, 0) is 22.3 Å². The monoisotopic (exact) mass is 459 g/mol. The maximum absolute atomic E-state index is 13.4. The Bertz CT molecular complexity index is 1340. The van der Waals surface area contributed by atoms with Gasteiger partial charge in [0.25, 0.3) is 0 Å². The van der Waals surface area contributed by atoms with E-state index in [1.807, 2.05) is 6.07 Å². The third-order valence-electron chi connectivity index (χ3n) is 5.74. The maximum Gasteiger partial charge on any atom is 0.434 e. The van der Waals surface area contributed by atoms with Crippen LogP contribution in [0.15, 0.2) is 36.8 Å². The summed E-state index contributed by atoms with van der Waals surface area (Å²) in [5.41, 5.74) is 0.907. The highest BCUT2D eigenvalue weighted by molar-refractivity contribution is 5.99. The molecule has 5 rings (SSSR count). The topological polar surface area (TPSA) is 85.3 Å². The zero-order chi connectivity index (χ0) is 23.2. The Morgan fingerprint density at radius 2 is 1.97 bits per heavy atom. The second-order valence-electron chi connectivity index (χ2n) is 7.71. The molecule has 0 atom stereocenters. The average Bonchev–Trinajstić information content (AvgIpc) is 3.39. The van der Waals surface area contributed by atoms with E-state index in [1.165, 1.54) is 13.2 Å². The smallest absolute Gasteiger partial charge is 0.434 e. The number of morpholine rings is 1. The number of H-pyrrole nitrogens is 1. The van der Waals surface area contributed by atoms with E-state index >= 15 is 0 Å². The average molecular weight is 459 g/mol. The van der Waals surface area contributed by atoms with Gasteiger partial charge in [0.1, 0.15) is 24.3 Å². The number of nitrogens with zero attached hydrogens (tertiary/aromatic N) is 4. The first-order valence-electron chi connectivity index (χ1n) is 10.3. The van der Waals surface area contributed by atoms with Crippen molar-refractivity contribution in [3.05, 3.63) is 42.5 Å². The molecule has 1 aliphatic rings. The SMILES string of the molecule is COc1ccc2c(c1)c(-c1cc3c(C(F)(F)F)ncnc3[nH]1)cn2CC(=O)N1CCOCC1. The molecule has 0 bridgehead atoms. The summed E-state index contributed by atoms with van der Waals surface area (Å²) < 4.78 is 52.7. The van der Waals surface area contributed by atoms with Crippen molar-refractivity contribution < 1.29 is 27.4 Å². The molecule has 1 fully saturated rings. The Morgan fingerprint density at radius 1 is 1.18 bits per heavy atom. The molecule has 0 aliphatic carbocycles. The number of hydrogen-bond acceptors (Lipinski definition) is 5. The number of fused-ring (bicyclic) bond motifs is 2. The van der Waals surface area contributed by atoms with Crippen LogP contribution in [0.4, 0.5) is 13.2 Å². The lowest BCUT2D eigenvalue weighted by Gasteiger charge is -2.27. The lowest BCUT2D eigenvalue weighted by Crippen LogP contribution is -2.42. The molecule has 1 aromatic carbocycles. The van der Waals surface area contributed by atoms with Crippen LogP contribution in [0.1, 0.15) is 5.69 Å². The number of benzene rings is 1. The molecular weight excluding hydrogens is 439 g/mol. The fourth-order valence-corrected chi connectivity index (χ4v) is 4.12. The number of rotatable bonds is 4. The highest BCUT2D eigenvalue weighted by Crippen LogP contribution is 2.37. The van der Waals surface area contributed by atoms with Gasteiger partial charge in [-0.2, -0.15) is 13.2 Å². The molecule has 4 aromatic rings. The molecule has 0 saturated carbocycles. The van der Waals surface area contributed by atoms with E-state index in [0.29, 0.717) is 43.3 Å². The van der Waals surface area contributed by atoms with E-state index in [9.17, 15) is 18.0 Å². The van der Waals surface area contributed by atoms with Gasteiger partial charge in [-0.25, -0.2) is 9.97 Å². The standard InChI is InChI=1S/C22H20F3N5O3/c1-32-13-2-3-18-14(8-13)16(10-30(18)11-19(31)29-4-6-33-7-5-29)17-9-15-20(22(23,24)25)26-12-27-21(15)28-17/h2-3,8-10,12H,4-7,11H2,1H3,(H,26,27,28). The third kappa shape index (κ3) is 3.88. The van der Waals surface area contributed by atoms with Crippen LogP contribution in [0.5, 0.6) is 5.75 Å². The van der Waals surface area contributed by atoms with Crippen LogP contribution in [0.3, 0.4) is 0 Å². The molecule has 1 amide bonds. The molecule has 8 nitrogen and oxygen atoms in total. The molecule has 1 N–H and O–H groups in total. The van der Waals surface area contributed by atoms with E-state index < -0.39 is 11.9 Å². The van der Waals surface area contributed by atoms with Crippen molar-refractivity contribution in [1.29, 1.82) is 0 Å². The predicted octanol–water partition coefficient (Wildman–Crippen LogP) is 3.47. The molecule has 0 unspecified atom stereocenters. The highest BCUT2D eigenvalue weighted by atomic mass is 19.4. The van der Waals surface area contributed by atoms with Crippen molar-refractivity contribution in [1.82, 2.24) is 24.4 Å². The van der Waals surface area contributed by atoms with Crippen LogP contribution in [0.25, 0.3) is 33.2 Å². The largest absolute Gasteiger partial charge is 0.497 e. The number of carbonyl (C=O) groups is 1. The molecular formula is C22H20F3N5O3. The number of hydrogen-bond donors (Lipinski definition) is 1. The summed E-state index contributed by atoms with van der Waals surface area (Å²) in [6.45, 7) is 2.15. The quantitative estimate of drug-likeness (QED) is 0.505. The molecule has 172 valence electrons. The Kier molecular flexibility index (Phi) is 5.20.